The summed E-state index contributed by atoms with van der Waals surface area (Å²) in [7, 11) is 1.70. The Morgan fingerprint density at radius 1 is 1.16 bits per heavy atom. The lowest BCUT2D eigenvalue weighted by atomic mass is 10.1. The highest BCUT2D eigenvalue weighted by molar-refractivity contribution is 6.07. The summed E-state index contributed by atoms with van der Waals surface area (Å²) >= 11 is 0. The van der Waals surface area contributed by atoms with Crippen LogP contribution in [0, 0.1) is 0 Å². The van der Waals surface area contributed by atoms with Gasteiger partial charge in [0.15, 0.2) is 5.69 Å². The van der Waals surface area contributed by atoms with Crippen molar-refractivity contribution in [3.8, 4) is 0 Å². The number of carbonyl (C=O) groups excluding carboxylic acids is 2. The minimum Gasteiger partial charge on any atom is -0.351 e. The lowest BCUT2D eigenvalue weighted by Crippen LogP contribution is -2.26. The molecule has 32 heavy (non-hydrogen) atoms. The van der Waals surface area contributed by atoms with Gasteiger partial charge in [-0.3, -0.25) is 14.3 Å². The Morgan fingerprint density at radius 3 is 2.53 bits per heavy atom. The third kappa shape index (κ3) is 7.98. The second kappa shape index (κ2) is 14.5. The number of aromatic nitrogens is 3. The van der Waals surface area contributed by atoms with Crippen molar-refractivity contribution in [2.24, 2.45) is 7.05 Å². The Bertz CT molecular complexity index is 957. The van der Waals surface area contributed by atoms with Crippen molar-refractivity contribution in [3.05, 3.63) is 72.4 Å². The van der Waals surface area contributed by atoms with E-state index in [0.29, 0.717) is 17.9 Å². The van der Waals surface area contributed by atoms with Crippen LogP contribution in [0.15, 0.2) is 55.3 Å². The maximum atomic E-state index is 12.7. The standard InChI is InChI=1S/C23H29N5O2.C2H6/c1-5-8-9-10-11-15-24-23(30)21-20(16-28(4)27-21)26-22(29)19-14-12-13-18(25-19)17(6-2)7-3;1-2/h6-9,12-14,16H,2,5,10-11,15H2,1,3-4H3,(H,24,30)(H,26,29);1-2H3/b9-8+,17-7+;. The smallest absolute Gasteiger partial charge is 0.274 e. The normalized spacial score (nSPS) is 11.0. The lowest BCUT2D eigenvalue weighted by Gasteiger charge is -2.07. The molecule has 0 aliphatic carbocycles. The molecule has 7 nitrogen and oxygen atoms in total. The third-order valence-corrected chi connectivity index (χ3v) is 4.34. The Labute approximate surface area is 191 Å². The van der Waals surface area contributed by atoms with Gasteiger partial charge in [-0.25, -0.2) is 4.98 Å². The molecule has 0 bridgehead atoms. The molecule has 2 aromatic rings. The Hall–Kier alpha value is -3.48. The van der Waals surface area contributed by atoms with Gasteiger partial charge in [-0.2, -0.15) is 5.10 Å². The fourth-order valence-electron chi connectivity index (χ4n) is 2.82. The molecule has 2 heterocycles. The van der Waals surface area contributed by atoms with Gasteiger partial charge >= 0.3 is 0 Å². The molecule has 0 fully saturated rings. The van der Waals surface area contributed by atoms with Crippen LogP contribution in [0.25, 0.3) is 5.57 Å². The molecule has 2 N–H and O–H groups in total. The highest BCUT2D eigenvalue weighted by atomic mass is 16.2. The summed E-state index contributed by atoms with van der Waals surface area (Å²) in [5.41, 5.74) is 2.24. The van der Waals surface area contributed by atoms with Crippen molar-refractivity contribution in [1.29, 1.82) is 0 Å². The predicted octanol–water partition coefficient (Wildman–Crippen LogP) is 5.16. The van der Waals surface area contributed by atoms with Gasteiger partial charge in [-0.15, -0.1) is 0 Å². The van der Waals surface area contributed by atoms with E-state index in [0.717, 1.165) is 24.8 Å². The van der Waals surface area contributed by atoms with E-state index in [1.54, 1.807) is 31.5 Å². The number of hydrogen-bond donors (Lipinski definition) is 2. The molecule has 0 spiro atoms. The van der Waals surface area contributed by atoms with Crippen LogP contribution in [0.1, 0.15) is 73.6 Å². The van der Waals surface area contributed by atoms with Gasteiger partial charge in [0.2, 0.25) is 0 Å². The molecule has 0 saturated heterocycles. The summed E-state index contributed by atoms with van der Waals surface area (Å²) in [6, 6.07) is 5.19. The first-order chi connectivity index (χ1) is 15.5. The minimum absolute atomic E-state index is 0.173. The summed E-state index contributed by atoms with van der Waals surface area (Å²) in [6.45, 7) is 12.3. The van der Waals surface area contributed by atoms with E-state index < -0.39 is 5.91 Å². The summed E-state index contributed by atoms with van der Waals surface area (Å²) in [5, 5.41) is 9.79. The number of unbranched alkanes of at least 4 members (excludes halogenated alkanes) is 1. The van der Waals surface area contributed by atoms with Gasteiger partial charge < -0.3 is 10.6 Å². The van der Waals surface area contributed by atoms with Crippen LogP contribution >= 0.6 is 0 Å². The number of aryl methyl sites for hydroxylation is 1. The Kier molecular flexibility index (Phi) is 12.0. The SMILES string of the molecule is C=C/C(=C\C)c1cccc(C(=O)Nc2cn(C)nc2C(=O)NCCC/C=C/CC)n1.CC. The maximum Gasteiger partial charge on any atom is 0.274 e. The Morgan fingerprint density at radius 2 is 1.88 bits per heavy atom. The van der Waals surface area contributed by atoms with E-state index in [9.17, 15) is 9.59 Å². The van der Waals surface area contributed by atoms with Crippen molar-refractivity contribution in [2.75, 3.05) is 11.9 Å². The largest absolute Gasteiger partial charge is 0.351 e. The third-order valence-electron chi connectivity index (χ3n) is 4.34. The van der Waals surface area contributed by atoms with Crippen molar-refractivity contribution >= 4 is 23.1 Å². The van der Waals surface area contributed by atoms with Crippen LogP contribution in [0.5, 0.6) is 0 Å². The average Bonchev–Trinajstić information content (AvgIpc) is 3.18. The number of nitrogens with zero attached hydrogens (tertiary/aromatic N) is 3. The molecule has 172 valence electrons. The average molecular weight is 438 g/mol. The number of pyridine rings is 1. The highest BCUT2D eigenvalue weighted by Gasteiger charge is 2.19. The maximum absolute atomic E-state index is 12.7. The highest BCUT2D eigenvalue weighted by Crippen LogP contribution is 2.16. The van der Waals surface area contributed by atoms with Crippen molar-refractivity contribution in [3.63, 3.8) is 0 Å². The van der Waals surface area contributed by atoms with E-state index in [2.05, 4.69) is 46.4 Å². The van der Waals surface area contributed by atoms with E-state index in [1.165, 1.54) is 4.68 Å². The quantitative estimate of drug-likeness (QED) is 0.305. The summed E-state index contributed by atoms with van der Waals surface area (Å²) in [5.74, 6) is -0.738. The topological polar surface area (TPSA) is 88.9 Å². The molecule has 0 radical (unpaired) electrons. The Balaban J connectivity index is 0.00000249. The number of rotatable bonds is 10. The number of carbonyl (C=O) groups is 2. The zero-order valence-electron chi connectivity index (χ0n) is 19.8. The molecular formula is C25H35N5O2. The minimum atomic E-state index is -0.414. The van der Waals surface area contributed by atoms with Crippen molar-refractivity contribution in [2.45, 2.75) is 47.0 Å². The molecule has 0 saturated carbocycles. The molecule has 0 unspecified atom stereocenters. The molecule has 0 aliphatic rings. The molecule has 2 rings (SSSR count). The molecule has 7 heteroatoms. The first kappa shape index (κ1) is 26.6. The van der Waals surface area contributed by atoms with Crippen LogP contribution < -0.4 is 10.6 Å². The van der Waals surface area contributed by atoms with Crippen LogP contribution in [0.3, 0.4) is 0 Å². The van der Waals surface area contributed by atoms with E-state index in [-0.39, 0.29) is 17.3 Å². The van der Waals surface area contributed by atoms with Gasteiger partial charge in [0.05, 0.1) is 11.4 Å². The first-order valence-electron chi connectivity index (χ1n) is 11.0. The van der Waals surface area contributed by atoms with Gasteiger partial charge in [0, 0.05) is 19.8 Å². The number of anilines is 1. The molecule has 2 aromatic heterocycles. The zero-order valence-corrected chi connectivity index (χ0v) is 19.8. The number of amides is 2. The van der Waals surface area contributed by atoms with Gasteiger partial charge in [-0.05, 0) is 43.9 Å². The molecule has 0 atom stereocenters. The lowest BCUT2D eigenvalue weighted by molar-refractivity contribution is 0.0948. The number of hydrogen-bond acceptors (Lipinski definition) is 4. The molecular weight excluding hydrogens is 402 g/mol. The van der Waals surface area contributed by atoms with E-state index >= 15 is 0 Å². The van der Waals surface area contributed by atoms with Crippen LogP contribution in [0.2, 0.25) is 0 Å². The van der Waals surface area contributed by atoms with Gasteiger partial charge in [0.25, 0.3) is 11.8 Å². The summed E-state index contributed by atoms with van der Waals surface area (Å²) < 4.78 is 1.49. The predicted molar refractivity (Wildman–Crippen MR) is 132 cm³/mol. The molecule has 0 aromatic carbocycles. The van der Waals surface area contributed by atoms with Gasteiger partial charge in [0.1, 0.15) is 5.69 Å². The van der Waals surface area contributed by atoms with Crippen molar-refractivity contribution < 1.29 is 9.59 Å². The molecule has 0 aliphatic heterocycles. The second-order valence-corrected chi connectivity index (χ2v) is 6.65. The van der Waals surface area contributed by atoms with Crippen LogP contribution in [-0.4, -0.2) is 33.1 Å². The molecule has 2 amide bonds. The number of nitrogens with one attached hydrogen (secondary N) is 2. The fourth-order valence-corrected chi connectivity index (χ4v) is 2.82. The first-order valence-corrected chi connectivity index (χ1v) is 11.0. The summed E-state index contributed by atoms with van der Waals surface area (Å²) in [4.78, 5) is 29.6. The monoisotopic (exact) mass is 437 g/mol. The van der Waals surface area contributed by atoms with E-state index in [4.69, 9.17) is 0 Å². The zero-order chi connectivity index (χ0) is 23.9. The van der Waals surface area contributed by atoms with Gasteiger partial charge in [-0.1, -0.05) is 57.7 Å². The fraction of sp³-hybridized carbons (Fsp3) is 0.360. The summed E-state index contributed by atoms with van der Waals surface area (Å²) in [6.07, 6.45) is 12.1. The van der Waals surface area contributed by atoms with Crippen molar-refractivity contribution in [1.82, 2.24) is 20.1 Å². The van der Waals surface area contributed by atoms with Crippen LogP contribution in [0.4, 0.5) is 5.69 Å². The van der Waals surface area contributed by atoms with E-state index in [1.807, 2.05) is 32.9 Å². The number of allylic oxidation sites excluding steroid dienone is 5. The second-order valence-electron chi connectivity index (χ2n) is 6.65. The van der Waals surface area contributed by atoms with Crippen LogP contribution in [-0.2, 0) is 7.05 Å².